The van der Waals surface area contributed by atoms with Crippen LogP contribution in [0.2, 0.25) is 0 Å². The minimum absolute atomic E-state index is 0.137. The summed E-state index contributed by atoms with van der Waals surface area (Å²) < 4.78 is 3.97. The van der Waals surface area contributed by atoms with E-state index in [1.807, 2.05) is 36.4 Å². The van der Waals surface area contributed by atoms with Crippen molar-refractivity contribution in [1.29, 1.82) is 0 Å². The molecule has 1 amide bonds. The highest BCUT2D eigenvalue weighted by molar-refractivity contribution is 9.10. The van der Waals surface area contributed by atoms with E-state index < -0.39 is 0 Å². The summed E-state index contributed by atoms with van der Waals surface area (Å²) in [6.45, 7) is 0. The van der Waals surface area contributed by atoms with Crippen molar-refractivity contribution < 1.29 is 4.79 Å². The summed E-state index contributed by atoms with van der Waals surface area (Å²) >= 11 is 11.4. The van der Waals surface area contributed by atoms with E-state index in [9.17, 15) is 4.79 Å². The van der Waals surface area contributed by atoms with Gasteiger partial charge in [-0.1, -0.05) is 41.3 Å². The van der Waals surface area contributed by atoms with Crippen molar-refractivity contribution in [3.05, 3.63) is 57.1 Å². The zero-order valence-corrected chi connectivity index (χ0v) is 16.2. The number of benzene rings is 1. The fraction of sp³-hybridized carbons (Fsp3) is 0.0667. The second-order valence-corrected chi connectivity index (χ2v) is 8.34. The third-order valence-corrected chi connectivity index (χ3v) is 5.69. The van der Waals surface area contributed by atoms with E-state index in [0.717, 1.165) is 14.5 Å². The third kappa shape index (κ3) is 4.50. The van der Waals surface area contributed by atoms with Gasteiger partial charge in [0, 0.05) is 10.7 Å². The Labute approximate surface area is 160 Å². The van der Waals surface area contributed by atoms with Crippen LogP contribution in [0, 0.1) is 3.95 Å². The van der Waals surface area contributed by atoms with Crippen LogP contribution in [0.3, 0.4) is 0 Å². The molecule has 24 heavy (non-hydrogen) atoms. The predicted octanol–water partition coefficient (Wildman–Crippen LogP) is 4.55. The van der Waals surface area contributed by atoms with Crippen LogP contribution in [-0.4, -0.2) is 26.4 Å². The minimum atomic E-state index is -0.137. The van der Waals surface area contributed by atoms with Crippen molar-refractivity contribution in [1.82, 2.24) is 14.8 Å². The monoisotopic (exact) mass is 438 g/mol. The summed E-state index contributed by atoms with van der Waals surface area (Å²) in [4.78, 5) is 16.1. The Bertz CT molecular complexity index is 893. The number of amides is 1. The number of pyridine rings is 1. The van der Waals surface area contributed by atoms with Crippen LogP contribution in [0.15, 0.2) is 57.5 Å². The van der Waals surface area contributed by atoms with Gasteiger partial charge in [0.25, 0.3) is 0 Å². The van der Waals surface area contributed by atoms with Crippen LogP contribution >= 0.6 is 51.2 Å². The second kappa shape index (κ2) is 8.02. The van der Waals surface area contributed by atoms with Crippen molar-refractivity contribution in [2.24, 2.45) is 0 Å². The molecule has 0 bridgehead atoms. The summed E-state index contributed by atoms with van der Waals surface area (Å²) in [6.07, 6.45) is 1.63. The summed E-state index contributed by atoms with van der Waals surface area (Å²) in [5.41, 5.74) is 0.911. The summed E-state index contributed by atoms with van der Waals surface area (Å²) in [6, 6.07) is 13.2. The lowest BCUT2D eigenvalue weighted by Gasteiger charge is -2.03. The molecule has 0 atom stereocenters. The number of hydrogen-bond donors (Lipinski definition) is 1. The number of thioether (sulfide) groups is 1. The smallest absolute Gasteiger partial charge is 0.235 e. The lowest BCUT2D eigenvalue weighted by Crippen LogP contribution is -2.14. The molecule has 9 heteroatoms. The van der Waals surface area contributed by atoms with Crippen molar-refractivity contribution in [2.45, 2.75) is 4.34 Å². The van der Waals surface area contributed by atoms with E-state index in [4.69, 9.17) is 12.2 Å². The van der Waals surface area contributed by atoms with Crippen molar-refractivity contribution >= 4 is 63.0 Å². The molecular formula is C15H11BrN4OS3. The highest BCUT2D eigenvalue weighted by atomic mass is 79.9. The number of carbonyl (C=O) groups is 1. The Morgan fingerprint density at radius 2 is 2.08 bits per heavy atom. The molecule has 0 fully saturated rings. The normalized spacial score (nSPS) is 10.5. The van der Waals surface area contributed by atoms with E-state index >= 15 is 0 Å². The fourth-order valence-electron chi connectivity index (χ4n) is 1.81. The molecule has 3 rings (SSSR count). The first-order valence-electron chi connectivity index (χ1n) is 6.81. The molecule has 3 aromatic rings. The molecular weight excluding hydrogens is 428 g/mol. The molecule has 2 heterocycles. The van der Waals surface area contributed by atoms with E-state index in [2.05, 4.69) is 31.3 Å². The SMILES string of the molecule is O=C(CSc1nn(-c2ccccc2)c(=S)s1)Nc1ccc(Br)cn1. The van der Waals surface area contributed by atoms with Gasteiger partial charge in [-0.3, -0.25) is 4.79 Å². The maximum Gasteiger partial charge on any atom is 0.235 e. The third-order valence-electron chi connectivity index (χ3n) is 2.85. The maximum absolute atomic E-state index is 12.0. The summed E-state index contributed by atoms with van der Waals surface area (Å²) in [5, 5.41) is 7.21. The Kier molecular flexibility index (Phi) is 5.77. The first kappa shape index (κ1) is 17.3. The van der Waals surface area contributed by atoms with Gasteiger partial charge >= 0.3 is 0 Å². The molecule has 122 valence electrons. The van der Waals surface area contributed by atoms with Crippen LogP contribution in [-0.2, 0) is 4.79 Å². The average Bonchev–Trinajstić information content (AvgIpc) is 2.97. The zero-order chi connectivity index (χ0) is 16.9. The minimum Gasteiger partial charge on any atom is -0.310 e. The number of nitrogens with one attached hydrogen (secondary N) is 1. The van der Waals surface area contributed by atoms with Crippen molar-refractivity contribution in [3.63, 3.8) is 0 Å². The number of aromatic nitrogens is 3. The second-order valence-electron chi connectivity index (χ2n) is 4.58. The molecule has 0 saturated carbocycles. The number of anilines is 1. The molecule has 0 aliphatic rings. The molecule has 2 aromatic heterocycles. The summed E-state index contributed by atoms with van der Waals surface area (Å²) in [5.74, 6) is 0.628. The van der Waals surface area contributed by atoms with Gasteiger partial charge in [0.2, 0.25) is 5.91 Å². The Balaban J connectivity index is 1.62. The standard InChI is InChI=1S/C15H11BrN4OS3/c16-10-6-7-12(17-8-10)18-13(21)9-23-14-19-20(15(22)24-14)11-4-2-1-3-5-11/h1-8H,9H2,(H,17,18,21). The molecule has 0 unspecified atom stereocenters. The number of carbonyl (C=O) groups excluding carboxylic acids is 1. The first-order valence-corrected chi connectivity index (χ1v) is 9.82. The average molecular weight is 439 g/mol. The molecule has 1 aromatic carbocycles. The number of para-hydroxylation sites is 1. The highest BCUT2D eigenvalue weighted by Gasteiger charge is 2.09. The van der Waals surface area contributed by atoms with Crippen molar-refractivity contribution in [2.75, 3.05) is 11.1 Å². The van der Waals surface area contributed by atoms with Crippen LogP contribution < -0.4 is 5.32 Å². The van der Waals surface area contributed by atoms with Gasteiger partial charge in [-0.25, -0.2) is 9.67 Å². The van der Waals surface area contributed by atoms with E-state index in [1.54, 1.807) is 16.9 Å². The van der Waals surface area contributed by atoms with Crippen LogP contribution in [0.25, 0.3) is 5.69 Å². The van der Waals surface area contributed by atoms with Crippen LogP contribution in [0.5, 0.6) is 0 Å². The number of halogens is 1. The molecule has 0 radical (unpaired) electrons. The van der Waals surface area contributed by atoms with Gasteiger partial charge in [0.15, 0.2) is 8.29 Å². The molecule has 0 aliphatic carbocycles. The largest absolute Gasteiger partial charge is 0.310 e. The molecule has 5 nitrogen and oxygen atoms in total. The molecule has 0 saturated heterocycles. The van der Waals surface area contributed by atoms with E-state index in [-0.39, 0.29) is 11.7 Å². The van der Waals surface area contributed by atoms with Gasteiger partial charge in [-0.05, 0) is 52.4 Å². The van der Waals surface area contributed by atoms with Gasteiger partial charge in [-0.15, -0.1) is 5.10 Å². The highest BCUT2D eigenvalue weighted by Crippen LogP contribution is 2.24. The fourth-order valence-corrected chi connectivity index (χ4v) is 4.20. The quantitative estimate of drug-likeness (QED) is 0.467. The van der Waals surface area contributed by atoms with Gasteiger partial charge in [0.1, 0.15) is 5.82 Å². The van der Waals surface area contributed by atoms with Crippen LogP contribution in [0.4, 0.5) is 5.82 Å². The predicted molar refractivity (Wildman–Crippen MR) is 104 cm³/mol. The topological polar surface area (TPSA) is 59.8 Å². The first-order chi connectivity index (χ1) is 11.6. The number of nitrogens with zero attached hydrogens (tertiary/aromatic N) is 3. The van der Waals surface area contributed by atoms with Crippen LogP contribution in [0.1, 0.15) is 0 Å². The number of rotatable bonds is 5. The lowest BCUT2D eigenvalue weighted by atomic mass is 10.3. The molecule has 0 aliphatic heterocycles. The lowest BCUT2D eigenvalue weighted by molar-refractivity contribution is -0.113. The Hall–Kier alpha value is -1.55. The van der Waals surface area contributed by atoms with E-state index in [0.29, 0.717) is 9.77 Å². The van der Waals surface area contributed by atoms with E-state index in [1.165, 1.54) is 23.1 Å². The Morgan fingerprint density at radius 3 is 2.79 bits per heavy atom. The van der Waals surface area contributed by atoms with Gasteiger partial charge in [-0.2, -0.15) is 0 Å². The zero-order valence-electron chi connectivity index (χ0n) is 12.2. The van der Waals surface area contributed by atoms with Gasteiger partial charge < -0.3 is 5.32 Å². The molecule has 0 spiro atoms. The molecule has 1 N–H and O–H groups in total. The summed E-state index contributed by atoms with van der Waals surface area (Å²) in [7, 11) is 0. The Morgan fingerprint density at radius 1 is 1.29 bits per heavy atom. The van der Waals surface area contributed by atoms with Gasteiger partial charge in [0.05, 0.1) is 11.4 Å². The number of hydrogen-bond acceptors (Lipinski definition) is 6. The maximum atomic E-state index is 12.0. The van der Waals surface area contributed by atoms with Crippen molar-refractivity contribution in [3.8, 4) is 5.69 Å².